The van der Waals surface area contributed by atoms with E-state index >= 15 is 0 Å². The van der Waals surface area contributed by atoms with Gasteiger partial charge in [-0.05, 0) is 72.4 Å². The number of hydrogen-bond acceptors (Lipinski definition) is 11. The fourth-order valence-corrected chi connectivity index (χ4v) is 6.53. The Hall–Kier alpha value is -6.04. The average Bonchev–Trinajstić information content (AvgIpc) is 3.93. The summed E-state index contributed by atoms with van der Waals surface area (Å²) >= 11 is 0. The van der Waals surface area contributed by atoms with Crippen LogP contribution in [-0.4, -0.2) is 121 Å². The standard InChI is InChI=1S/C39H47N7O6.C2H5NO2.CH4O/c1-5-8-35(47)40-16-7-6-9-34-41-22-32(42-34)29-13-12-25-19-26(10-11-27(25)20-29)28-14-15-30-31(21-28)44-37(43-30)33-23-52-18-17-46(33)38(48)36(24(2)50-3)45-39(49)51-4;1-5-2(3)4;1-2/h10-15,19-22,24,33,36H,5-9,16-18,23H2,1-4H3,(H,40,47)(H,41,42)(H,43,44)(H,45,49);1H3,(H2,3,4);2H,1H3. The number of aryl methyl sites for hydroxylation is 1. The number of carbonyl (C=O) groups excluding carboxylic acids is 4. The Labute approximate surface area is 343 Å². The quantitative estimate of drug-likeness (QED) is 0.0817. The molecule has 1 fully saturated rings. The van der Waals surface area contributed by atoms with E-state index in [1.807, 2.05) is 25.3 Å². The first-order valence-electron chi connectivity index (χ1n) is 19.4. The summed E-state index contributed by atoms with van der Waals surface area (Å²) in [5.74, 6) is 1.36. The molecule has 3 unspecified atom stereocenters. The zero-order chi connectivity index (χ0) is 42.9. The van der Waals surface area contributed by atoms with E-state index in [9.17, 15) is 19.2 Å². The van der Waals surface area contributed by atoms with Crippen LogP contribution in [0.1, 0.15) is 57.2 Å². The lowest BCUT2D eigenvalue weighted by Gasteiger charge is -2.37. The maximum absolute atomic E-state index is 13.8. The molecule has 0 radical (unpaired) electrons. The van der Waals surface area contributed by atoms with Crippen LogP contribution in [0.25, 0.3) is 44.2 Å². The molecule has 3 atom stereocenters. The number of aliphatic hydroxyl groups excluding tert-OH is 1. The molecule has 5 aromatic rings. The molecule has 2 aromatic heterocycles. The third-order valence-electron chi connectivity index (χ3n) is 9.75. The molecule has 3 aromatic carbocycles. The van der Waals surface area contributed by atoms with Crippen LogP contribution in [0.15, 0.2) is 60.8 Å². The van der Waals surface area contributed by atoms with Gasteiger partial charge in [0.05, 0.1) is 56.5 Å². The molecule has 318 valence electrons. The molecule has 3 heterocycles. The number of amides is 4. The molecule has 6 rings (SSSR count). The number of nitrogens with zero attached hydrogens (tertiary/aromatic N) is 3. The highest BCUT2D eigenvalue weighted by atomic mass is 16.5. The third kappa shape index (κ3) is 12.5. The molecule has 1 aliphatic heterocycles. The monoisotopic (exact) mass is 816 g/mol. The molecule has 0 aliphatic carbocycles. The number of ether oxygens (including phenoxy) is 4. The maximum atomic E-state index is 13.8. The SMILES string of the molecule is CCCC(=O)NCCCCc1ncc(-c2ccc3cc(-c4ccc5nc(C6COCCN6C(=O)C(NC(=O)OC)C(C)OC)[nH]c5c4)ccc3c2)[nH]1.CO.COC(N)=O. The first-order chi connectivity index (χ1) is 28.5. The number of methoxy groups -OCH3 is 3. The van der Waals surface area contributed by atoms with Crippen LogP contribution in [0.5, 0.6) is 0 Å². The highest BCUT2D eigenvalue weighted by molar-refractivity contribution is 5.92. The lowest BCUT2D eigenvalue weighted by Crippen LogP contribution is -2.57. The Morgan fingerprint density at radius 3 is 2.32 bits per heavy atom. The fraction of sp³-hybridized carbons (Fsp3) is 0.429. The number of primary amides is 1. The van der Waals surface area contributed by atoms with Gasteiger partial charge in [0, 0.05) is 45.7 Å². The number of aromatic nitrogens is 4. The summed E-state index contributed by atoms with van der Waals surface area (Å²) in [4.78, 5) is 64.8. The summed E-state index contributed by atoms with van der Waals surface area (Å²) in [5.41, 5.74) is 10.2. The van der Waals surface area contributed by atoms with Gasteiger partial charge in [0.1, 0.15) is 23.7 Å². The van der Waals surface area contributed by atoms with E-state index in [2.05, 4.69) is 78.5 Å². The third-order valence-corrected chi connectivity index (χ3v) is 9.75. The Morgan fingerprint density at radius 1 is 0.966 bits per heavy atom. The minimum atomic E-state index is -0.942. The summed E-state index contributed by atoms with van der Waals surface area (Å²) in [7, 11) is 4.97. The second kappa shape index (κ2) is 22.8. The number of alkyl carbamates (subject to hydrolysis) is 1. The minimum absolute atomic E-state index is 0.119. The summed E-state index contributed by atoms with van der Waals surface area (Å²) < 4.78 is 19.8. The second-order valence-electron chi connectivity index (χ2n) is 13.6. The number of carbonyl (C=O) groups is 4. The van der Waals surface area contributed by atoms with Crippen molar-refractivity contribution in [2.75, 3.05) is 54.7 Å². The largest absolute Gasteiger partial charge is 0.453 e. The molecule has 0 saturated carbocycles. The number of morpholine rings is 1. The molecule has 59 heavy (non-hydrogen) atoms. The topological polar surface area (TPSA) is 236 Å². The number of hydrogen-bond donors (Lipinski definition) is 6. The summed E-state index contributed by atoms with van der Waals surface area (Å²) in [6.07, 6.45) is 3.98. The number of aromatic amines is 2. The smallest absolute Gasteiger partial charge is 0.407 e. The van der Waals surface area contributed by atoms with Crippen molar-refractivity contribution in [1.29, 1.82) is 0 Å². The van der Waals surface area contributed by atoms with Gasteiger partial charge in [-0.25, -0.2) is 19.6 Å². The van der Waals surface area contributed by atoms with Crippen molar-refractivity contribution in [3.8, 4) is 22.4 Å². The van der Waals surface area contributed by atoms with E-state index in [1.165, 1.54) is 21.3 Å². The Balaban J connectivity index is 0.00000102. The average molecular weight is 817 g/mol. The van der Waals surface area contributed by atoms with Crippen molar-refractivity contribution < 1.29 is 43.2 Å². The fourth-order valence-electron chi connectivity index (χ4n) is 6.53. The van der Waals surface area contributed by atoms with Crippen molar-refractivity contribution in [3.05, 3.63) is 72.4 Å². The van der Waals surface area contributed by atoms with Crippen LogP contribution in [0.4, 0.5) is 9.59 Å². The summed E-state index contributed by atoms with van der Waals surface area (Å²) in [6, 6.07) is 17.5. The van der Waals surface area contributed by atoms with Crippen molar-refractivity contribution in [2.45, 2.75) is 64.1 Å². The van der Waals surface area contributed by atoms with Gasteiger partial charge in [0.25, 0.3) is 0 Å². The molecule has 17 nitrogen and oxygen atoms in total. The molecule has 1 aliphatic rings. The van der Waals surface area contributed by atoms with Crippen LogP contribution >= 0.6 is 0 Å². The second-order valence-corrected chi connectivity index (χ2v) is 13.6. The van der Waals surface area contributed by atoms with Crippen LogP contribution in [-0.2, 0) is 35.0 Å². The normalized spacial score (nSPS) is 14.6. The summed E-state index contributed by atoms with van der Waals surface area (Å²) in [6.45, 7) is 5.39. The van der Waals surface area contributed by atoms with Gasteiger partial charge in [-0.1, -0.05) is 37.3 Å². The number of aliphatic hydroxyl groups is 1. The van der Waals surface area contributed by atoms with Gasteiger partial charge >= 0.3 is 12.2 Å². The van der Waals surface area contributed by atoms with Gasteiger partial charge < -0.3 is 55.3 Å². The number of unbranched alkanes of at least 4 members (excludes halogenated alkanes) is 1. The van der Waals surface area contributed by atoms with E-state index in [-0.39, 0.29) is 18.4 Å². The van der Waals surface area contributed by atoms with Crippen LogP contribution < -0.4 is 16.4 Å². The van der Waals surface area contributed by atoms with Crippen molar-refractivity contribution >= 4 is 45.8 Å². The van der Waals surface area contributed by atoms with Crippen molar-refractivity contribution in [2.24, 2.45) is 5.73 Å². The Kier molecular flexibility index (Phi) is 17.6. The van der Waals surface area contributed by atoms with E-state index in [1.54, 1.807) is 11.8 Å². The number of nitrogens with one attached hydrogen (secondary N) is 4. The number of imidazole rings is 2. The lowest BCUT2D eigenvalue weighted by atomic mass is 9.99. The number of nitrogens with two attached hydrogens (primary N) is 1. The number of rotatable bonds is 14. The first-order valence-corrected chi connectivity index (χ1v) is 19.4. The van der Waals surface area contributed by atoms with Gasteiger partial charge in [-0.3, -0.25) is 9.59 Å². The van der Waals surface area contributed by atoms with Crippen molar-refractivity contribution in [3.63, 3.8) is 0 Å². The van der Waals surface area contributed by atoms with E-state index in [0.717, 1.165) is 82.8 Å². The highest BCUT2D eigenvalue weighted by Gasteiger charge is 2.38. The number of H-pyrrole nitrogens is 2. The van der Waals surface area contributed by atoms with E-state index < -0.39 is 30.4 Å². The first kappa shape index (κ1) is 45.7. The zero-order valence-corrected chi connectivity index (χ0v) is 34.5. The number of benzene rings is 3. The molecule has 17 heteroatoms. The molecule has 0 bridgehead atoms. The summed E-state index contributed by atoms with van der Waals surface area (Å²) in [5, 5.41) is 14.8. The van der Waals surface area contributed by atoms with Gasteiger partial charge in [0.2, 0.25) is 11.8 Å². The highest BCUT2D eigenvalue weighted by Crippen LogP contribution is 2.31. The van der Waals surface area contributed by atoms with E-state index in [0.29, 0.717) is 31.9 Å². The Morgan fingerprint density at radius 2 is 1.64 bits per heavy atom. The van der Waals surface area contributed by atoms with Gasteiger partial charge in [0.15, 0.2) is 0 Å². The van der Waals surface area contributed by atoms with Gasteiger partial charge in [-0.15, -0.1) is 0 Å². The van der Waals surface area contributed by atoms with Crippen LogP contribution in [0.2, 0.25) is 0 Å². The van der Waals surface area contributed by atoms with E-state index in [4.69, 9.17) is 24.3 Å². The predicted molar refractivity (Wildman–Crippen MR) is 223 cm³/mol. The van der Waals surface area contributed by atoms with Crippen LogP contribution in [0, 0.1) is 0 Å². The lowest BCUT2D eigenvalue weighted by molar-refractivity contribution is -0.145. The molecule has 0 spiro atoms. The Bertz CT molecular complexity index is 2150. The zero-order valence-electron chi connectivity index (χ0n) is 34.5. The molecule has 7 N–H and O–H groups in total. The molecular formula is C42H56N8O9. The molecular weight excluding hydrogens is 761 g/mol. The van der Waals surface area contributed by atoms with Gasteiger partial charge in [-0.2, -0.15) is 0 Å². The molecule has 1 saturated heterocycles. The predicted octanol–water partition coefficient (Wildman–Crippen LogP) is 4.99. The van der Waals surface area contributed by atoms with Crippen LogP contribution in [0.3, 0.4) is 0 Å². The molecule has 4 amide bonds. The minimum Gasteiger partial charge on any atom is -0.453 e. The maximum Gasteiger partial charge on any atom is 0.407 e. The van der Waals surface area contributed by atoms with Crippen molar-refractivity contribution in [1.82, 2.24) is 35.5 Å². The number of fused-ring (bicyclic) bond motifs is 2.